The minimum absolute atomic E-state index is 0. The highest BCUT2D eigenvalue weighted by Crippen LogP contribution is 2.24. The predicted octanol–water partition coefficient (Wildman–Crippen LogP) is 3.50. The van der Waals surface area contributed by atoms with Gasteiger partial charge in [0.15, 0.2) is 0 Å². The molecule has 29 heavy (non-hydrogen) atoms. The zero-order chi connectivity index (χ0) is 20.2. The number of ether oxygens (including phenoxy) is 1. The van der Waals surface area contributed by atoms with E-state index < -0.39 is 0 Å². The number of unbranched alkanes of at least 4 members (excludes halogenated alkanes) is 3. The van der Waals surface area contributed by atoms with Crippen molar-refractivity contribution >= 4 is 0 Å². The Hall–Kier alpha value is -1.51. The molecule has 0 radical (unpaired) electrons. The molecule has 0 aliphatic carbocycles. The first-order valence-electron chi connectivity index (χ1n) is 11.1. The van der Waals surface area contributed by atoms with E-state index in [1.54, 1.807) is 0 Å². The van der Waals surface area contributed by atoms with Gasteiger partial charge in [-0.05, 0) is 24.0 Å². The maximum atomic E-state index is 6.24. The lowest BCUT2D eigenvalue weighted by Gasteiger charge is -2.30. The van der Waals surface area contributed by atoms with Crippen LogP contribution in [0.5, 0.6) is 5.75 Å². The Morgan fingerprint density at radius 2 is 1.59 bits per heavy atom. The molecule has 1 atom stereocenters. The van der Waals surface area contributed by atoms with Crippen LogP contribution in [0, 0.1) is 5.92 Å². The predicted molar refractivity (Wildman–Crippen MR) is 121 cm³/mol. The van der Waals surface area contributed by atoms with Gasteiger partial charge in [-0.15, -0.1) is 0 Å². The van der Waals surface area contributed by atoms with Crippen LogP contribution in [0.3, 0.4) is 0 Å². The number of quaternary nitrogens is 1. The van der Waals surface area contributed by atoms with E-state index in [4.69, 9.17) is 4.74 Å². The lowest BCUT2D eigenvalue weighted by Crippen LogP contribution is -3.00. The van der Waals surface area contributed by atoms with Crippen molar-refractivity contribution in [1.29, 1.82) is 0 Å². The number of hydrogen-bond acceptors (Lipinski definition) is 1. The van der Waals surface area contributed by atoms with E-state index in [-0.39, 0.29) is 12.4 Å². The van der Waals surface area contributed by atoms with Gasteiger partial charge in [0.2, 0.25) is 0 Å². The maximum Gasteiger partial charge on any atom is 0.137 e. The van der Waals surface area contributed by atoms with Crippen molar-refractivity contribution in [2.75, 3.05) is 27.2 Å². The van der Waals surface area contributed by atoms with Crippen LogP contribution in [0.4, 0.5) is 0 Å². The van der Waals surface area contributed by atoms with Crippen LogP contribution >= 0.6 is 0 Å². The van der Waals surface area contributed by atoms with E-state index in [0.29, 0.717) is 5.92 Å². The molecular weight excluding hydrogens is 378 g/mol. The molecule has 0 fully saturated rings. The Kier molecular flexibility index (Phi) is 12.0. The molecule has 0 bridgehead atoms. The fraction of sp³-hybridized carbons (Fsp3) is 0.538. The van der Waals surface area contributed by atoms with Crippen LogP contribution in [0.1, 0.15) is 57.1 Å². The number of nitrogens with zero attached hydrogens (tertiary/aromatic N) is 1. The van der Waals surface area contributed by atoms with Crippen molar-refractivity contribution in [3.05, 3.63) is 65.7 Å². The van der Waals surface area contributed by atoms with E-state index in [2.05, 4.69) is 82.5 Å². The third kappa shape index (κ3) is 10.2. The van der Waals surface area contributed by atoms with Gasteiger partial charge in [0.1, 0.15) is 25.4 Å². The first-order valence-corrected chi connectivity index (χ1v) is 11.1. The van der Waals surface area contributed by atoms with E-state index in [9.17, 15) is 0 Å². The number of rotatable bonds is 13. The zero-order valence-corrected chi connectivity index (χ0v) is 19.6. The van der Waals surface area contributed by atoms with Crippen LogP contribution in [-0.4, -0.2) is 31.7 Å². The number of para-hydroxylation sites is 1. The Labute approximate surface area is 185 Å². The standard InChI is InChI=1S/C26H40NO.ClH/c1-5-6-7-9-14-23(2)21-25-17-12-13-18-26(25)28-20-19-27(3,4)22-24-15-10-8-11-16-24;/h8,10-13,15-18,23H,5-7,9,14,19-22H2,1-4H3;1H/q+1;/p-1. The molecule has 0 aromatic heterocycles. The van der Waals surface area contributed by atoms with Crippen molar-refractivity contribution in [2.24, 2.45) is 5.92 Å². The molecule has 2 aromatic rings. The Balaban J connectivity index is 0.00000420. The first-order chi connectivity index (χ1) is 13.5. The average molecular weight is 418 g/mol. The van der Waals surface area contributed by atoms with Crippen molar-refractivity contribution in [3.63, 3.8) is 0 Å². The molecule has 2 rings (SSSR count). The van der Waals surface area contributed by atoms with Gasteiger partial charge >= 0.3 is 0 Å². The largest absolute Gasteiger partial charge is 1.00 e. The Morgan fingerprint density at radius 1 is 0.897 bits per heavy atom. The summed E-state index contributed by atoms with van der Waals surface area (Å²) in [6.45, 7) is 7.43. The summed E-state index contributed by atoms with van der Waals surface area (Å²) in [7, 11) is 4.56. The molecule has 2 nitrogen and oxygen atoms in total. The number of benzene rings is 2. The number of likely N-dealkylation sites (N-methyl/N-ethyl adjacent to an activating group) is 1. The van der Waals surface area contributed by atoms with Crippen molar-refractivity contribution < 1.29 is 21.6 Å². The van der Waals surface area contributed by atoms with Gasteiger partial charge in [-0.3, -0.25) is 0 Å². The molecule has 0 aliphatic heterocycles. The van der Waals surface area contributed by atoms with E-state index in [1.165, 1.54) is 43.2 Å². The molecule has 0 N–H and O–H groups in total. The van der Waals surface area contributed by atoms with Gasteiger partial charge in [0.05, 0.1) is 14.1 Å². The van der Waals surface area contributed by atoms with Crippen LogP contribution in [0.25, 0.3) is 0 Å². The minimum atomic E-state index is 0. The van der Waals surface area contributed by atoms with Gasteiger partial charge in [0.25, 0.3) is 0 Å². The fourth-order valence-corrected chi connectivity index (χ4v) is 3.77. The minimum Gasteiger partial charge on any atom is -1.00 e. The lowest BCUT2D eigenvalue weighted by molar-refractivity contribution is -0.903. The van der Waals surface area contributed by atoms with Crippen molar-refractivity contribution in [3.8, 4) is 5.75 Å². The monoisotopic (exact) mass is 417 g/mol. The van der Waals surface area contributed by atoms with Crippen LogP contribution < -0.4 is 17.1 Å². The second kappa shape index (κ2) is 13.7. The highest BCUT2D eigenvalue weighted by molar-refractivity contribution is 5.33. The molecule has 162 valence electrons. The molecule has 0 aliphatic rings. The number of hydrogen-bond donors (Lipinski definition) is 0. The lowest BCUT2D eigenvalue weighted by atomic mass is 9.95. The summed E-state index contributed by atoms with van der Waals surface area (Å²) in [5, 5.41) is 0. The topological polar surface area (TPSA) is 9.23 Å². The Bertz CT molecular complexity index is 671. The smallest absolute Gasteiger partial charge is 0.137 e. The van der Waals surface area contributed by atoms with Crippen LogP contribution in [0.2, 0.25) is 0 Å². The van der Waals surface area contributed by atoms with Gasteiger partial charge < -0.3 is 21.6 Å². The molecule has 0 saturated heterocycles. The highest BCUT2D eigenvalue weighted by atomic mass is 35.5. The molecule has 0 saturated carbocycles. The summed E-state index contributed by atoms with van der Waals surface area (Å²) in [6, 6.07) is 19.3. The second-order valence-electron chi connectivity index (χ2n) is 8.92. The van der Waals surface area contributed by atoms with Gasteiger partial charge in [-0.1, -0.05) is 94.5 Å². The summed E-state index contributed by atoms with van der Waals surface area (Å²) < 4.78 is 7.17. The fourth-order valence-electron chi connectivity index (χ4n) is 3.77. The third-order valence-electron chi connectivity index (χ3n) is 5.50. The molecule has 0 spiro atoms. The van der Waals surface area contributed by atoms with Crippen molar-refractivity contribution in [2.45, 2.75) is 58.9 Å². The summed E-state index contributed by atoms with van der Waals surface area (Å²) >= 11 is 0. The van der Waals surface area contributed by atoms with E-state index >= 15 is 0 Å². The average Bonchev–Trinajstić information content (AvgIpc) is 2.67. The molecule has 3 heteroatoms. The molecule has 0 heterocycles. The normalized spacial score (nSPS) is 12.3. The van der Waals surface area contributed by atoms with Crippen LogP contribution in [0.15, 0.2) is 54.6 Å². The summed E-state index contributed by atoms with van der Waals surface area (Å²) in [5.41, 5.74) is 2.74. The molecular formula is C26H40ClNO. The SMILES string of the molecule is CCCCCCC(C)Cc1ccccc1OCC[N+](C)(C)Cc1ccccc1.[Cl-]. The summed E-state index contributed by atoms with van der Waals surface area (Å²) in [5.74, 6) is 1.79. The third-order valence-corrected chi connectivity index (χ3v) is 5.50. The zero-order valence-electron chi connectivity index (χ0n) is 18.9. The quantitative estimate of drug-likeness (QED) is 0.358. The molecule has 1 unspecified atom stereocenters. The molecule has 0 amide bonds. The van der Waals surface area contributed by atoms with Gasteiger partial charge in [-0.25, -0.2) is 0 Å². The molecule has 2 aromatic carbocycles. The van der Waals surface area contributed by atoms with E-state index in [0.717, 1.165) is 36.3 Å². The van der Waals surface area contributed by atoms with Gasteiger partial charge in [0, 0.05) is 5.56 Å². The summed E-state index contributed by atoms with van der Waals surface area (Å²) in [6.07, 6.45) is 7.82. The maximum absolute atomic E-state index is 6.24. The van der Waals surface area contributed by atoms with Gasteiger partial charge in [-0.2, -0.15) is 0 Å². The van der Waals surface area contributed by atoms with Crippen LogP contribution in [-0.2, 0) is 13.0 Å². The Morgan fingerprint density at radius 3 is 2.31 bits per heavy atom. The van der Waals surface area contributed by atoms with Crippen molar-refractivity contribution in [1.82, 2.24) is 0 Å². The second-order valence-corrected chi connectivity index (χ2v) is 8.92. The number of halogens is 1. The summed E-state index contributed by atoms with van der Waals surface area (Å²) in [4.78, 5) is 0. The highest BCUT2D eigenvalue weighted by Gasteiger charge is 2.16. The first kappa shape index (κ1) is 25.5. The van der Waals surface area contributed by atoms with E-state index in [1.807, 2.05) is 0 Å².